The van der Waals surface area contributed by atoms with Crippen molar-refractivity contribution in [1.82, 2.24) is 19.7 Å². The Morgan fingerprint density at radius 3 is 2.44 bits per heavy atom. The summed E-state index contributed by atoms with van der Waals surface area (Å²) >= 11 is 0. The zero-order valence-corrected chi connectivity index (χ0v) is 19.1. The fourth-order valence-electron chi connectivity index (χ4n) is 7.57. The third kappa shape index (κ3) is 3.15. The van der Waals surface area contributed by atoms with Crippen molar-refractivity contribution < 1.29 is 9.59 Å². The number of nitrogens with zero attached hydrogens (tertiary/aromatic N) is 4. The third-order valence-corrected chi connectivity index (χ3v) is 8.50. The summed E-state index contributed by atoms with van der Waals surface area (Å²) in [6.45, 7) is 4.84. The molecule has 1 atom stereocenters. The van der Waals surface area contributed by atoms with E-state index in [1.54, 1.807) is 12.4 Å². The Kier molecular flexibility index (Phi) is 4.60. The van der Waals surface area contributed by atoms with Crippen molar-refractivity contribution in [3.05, 3.63) is 18.5 Å². The van der Waals surface area contributed by atoms with Gasteiger partial charge in [0.05, 0.1) is 23.5 Å². The van der Waals surface area contributed by atoms with Crippen molar-refractivity contribution in [2.75, 3.05) is 11.9 Å². The summed E-state index contributed by atoms with van der Waals surface area (Å²) in [6, 6.07) is 1.78. The van der Waals surface area contributed by atoms with Gasteiger partial charge in [-0.2, -0.15) is 5.10 Å². The molecule has 0 radical (unpaired) electrons. The average molecular weight is 436 g/mol. The van der Waals surface area contributed by atoms with Gasteiger partial charge in [0.15, 0.2) is 5.65 Å². The molecular weight excluding hydrogens is 402 g/mol. The minimum Gasteiger partial charge on any atom is -0.330 e. The maximum atomic E-state index is 13.8. The number of anilines is 1. The first-order valence-electron chi connectivity index (χ1n) is 12.4. The van der Waals surface area contributed by atoms with Crippen LogP contribution in [0.5, 0.6) is 0 Å². The first kappa shape index (κ1) is 20.2. The maximum absolute atomic E-state index is 13.8. The molecule has 1 saturated heterocycles. The van der Waals surface area contributed by atoms with E-state index in [-0.39, 0.29) is 29.3 Å². The Balaban J connectivity index is 1.19. The Bertz CT molecular complexity index is 1040. The lowest BCUT2D eigenvalue weighted by Gasteiger charge is -2.56. The molecule has 4 saturated carbocycles. The molecular formula is C25H33N5O2. The van der Waals surface area contributed by atoms with E-state index < -0.39 is 0 Å². The van der Waals surface area contributed by atoms with Gasteiger partial charge in [0.25, 0.3) is 0 Å². The highest BCUT2D eigenvalue weighted by Gasteiger charge is 2.56. The van der Waals surface area contributed by atoms with Gasteiger partial charge in [-0.15, -0.1) is 0 Å². The van der Waals surface area contributed by atoms with Gasteiger partial charge in [-0.3, -0.25) is 9.59 Å². The SMILES string of the molecule is CC(C)n1ncc2cc(NC(=O)C3CCCN3C(=O)C34CC5CC(CC(C5)C3)C4)cnc21. The van der Waals surface area contributed by atoms with Gasteiger partial charge in [-0.25, -0.2) is 9.67 Å². The molecule has 2 aromatic heterocycles. The lowest BCUT2D eigenvalue weighted by Crippen LogP contribution is -2.56. The second kappa shape index (κ2) is 7.29. The van der Waals surface area contributed by atoms with E-state index in [4.69, 9.17) is 0 Å². The number of aromatic nitrogens is 3. The van der Waals surface area contributed by atoms with Gasteiger partial charge in [0, 0.05) is 18.0 Å². The number of carbonyl (C=O) groups is 2. The van der Waals surface area contributed by atoms with Crippen molar-refractivity contribution in [2.24, 2.45) is 23.2 Å². The number of amides is 2. The Hall–Kier alpha value is -2.44. The molecule has 5 aliphatic rings. The zero-order valence-electron chi connectivity index (χ0n) is 19.1. The second-order valence-electron chi connectivity index (χ2n) is 11.2. The topological polar surface area (TPSA) is 80.1 Å². The van der Waals surface area contributed by atoms with E-state index in [0.717, 1.165) is 60.9 Å². The van der Waals surface area contributed by atoms with Crippen molar-refractivity contribution in [3.8, 4) is 0 Å². The molecule has 2 aromatic rings. The molecule has 5 fully saturated rings. The van der Waals surface area contributed by atoms with E-state index >= 15 is 0 Å². The molecule has 4 bridgehead atoms. The van der Waals surface area contributed by atoms with Gasteiger partial charge in [0.1, 0.15) is 6.04 Å². The molecule has 7 nitrogen and oxygen atoms in total. The molecule has 1 aliphatic heterocycles. The van der Waals surface area contributed by atoms with Gasteiger partial charge in [0.2, 0.25) is 11.8 Å². The van der Waals surface area contributed by atoms with Crippen LogP contribution in [0.4, 0.5) is 5.69 Å². The zero-order chi connectivity index (χ0) is 22.0. The minimum absolute atomic E-state index is 0.0852. The summed E-state index contributed by atoms with van der Waals surface area (Å²) in [6.07, 6.45) is 12.2. The molecule has 0 spiro atoms. The van der Waals surface area contributed by atoms with Crippen molar-refractivity contribution in [1.29, 1.82) is 0 Å². The number of hydrogen-bond acceptors (Lipinski definition) is 4. The van der Waals surface area contributed by atoms with Crippen molar-refractivity contribution >= 4 is 28.5 Å². The van der Waals surface area contributed by atoms with Crippen LogP contribution in [0, 0.1) is 23.2 Å². The summed E-state index contributed by atoms with van der Waals surface area (Å²) < 4.78 is 1.88. The first-order chi connectivity index (χ1) is 15.4. The van der Waals surface area contributed by atoms with E-state index in [0.29, 0.717) is 12.2 Å². The van der Waals surface area contributed by atoms with Gasteiger partial charge < -0.3 is 10.2 Å². The van der Waals surface area contributed by atoms with Crippen LogP contribution in [-0.2, 0) is 9.59 Å². The van der Waals surface area contributed by atoms with Crippen LogP contribution in [0.25, 0.3) is 11.0 Å². The highest BCUT2D eigenvalue weighted by Crippen LogP contribution is 2.60. The van der Waals surface area contributed by atoms with Crippen LogP contribution in [0.1, 0.15) is 71.3 Å². The number of fused-ring (bicyclic) bond motifs is 1. The monoisotopic (exact) mass is 435 g/mol. The summed E-state index contributed by atoms with van der Waals surface area (Å²) in [4.78, 5) is 33.5. The predicted octanol–water partition coefficient (Wildman–Crippen LogP) is 4.16. The third-order valence-electron chi connectivity index (χ3n) is 8.50. The normalized spacial score (nSPS) is 33.4. The largest absolute Gasteiger partial charge is 0.330 e. The van der Waals surface area contributed by atoms with E-state index in [1.165, 1.54) is 19.3 Å². The quantitative estimate of drug-likeness (QED) is 0.782. The summed E-state index contributed by atoms with van der Waals surface area (Å²) in [5, 5.41) is 8.35. The molecule has 1 unspecified atom stereocenters. The number of likely N-dealkylation sites (tertiary alicyclic amines) is 1. The number of hydrogen-bond donors (Lipinski definition) is 1. The average Bonchev–Trinajstić information content (AvgIpc) is 3.39. The minimum atomic E-state index is -0.371. The summed E-state index contributed by atoms with van der Waals surface area (Å²) in [7, 11) is 0. The molecule has 1 N–H and O–H groups in total. The van der Waals surface area contributed by atoms with E-state index in [9.17, 15) is 9.59 Å². The molecule has 7 rings (SSSR count). The number of pyridine rings is 1. The Morgan fingerprint density at radius 1 is 1.09 bits per heavy atom. The van der Waals surface area contributed by atoms with Crippen molar-refractivity contribution in [2.45, 2.75) is 77.3 Å². The van der Waals surface area contributed by atoms with Crippen molar-refractivity contribution in [3.63, 3.8) is 0 Å². The number of carbonyl (C=O) groups excluding carboxylic acids is 2. The highest BCUT2D eigenvalue weighted by atomic mass is 16.2. The maximum Gasteiger partial charge on any atom is 0.247 e. The lowest BCUT2D eigenvalue weighted by atomic mass is 9.49. The molecule has 32 heavy (non-hydrogen) atoms. The predicted molar refractivity (Wildman–Crippen MR) is 122 cm³/mol. The summed E-state index contributed by atoms with van der Waals surface area (Å²) in [5.74, 6) is 2.36. The molecule has 2 amide bonds. The van der Waals surface area contributed by atoms with Gasteiger partial charge in [-0.05, 0) is 89.0 Å². The standard InChI is InChI=1S/C25H33N5O2/c1-15(2)30-22-19(13-27-30)9-20(14-26-22)28-23(31)21-4-3-5-29(21)24(32)25-10-16-6-17(11-25)8-18(7-16)12-25/h9,13-18,21H,3-8,10-12H2,1-2H3,(H,28,31). The Morgan fingerprint density at radius 2 is 1.78 bits per heavy atom. The smallest absolute Gasteiger partial charge is 0.247 e. The van der Waals surface area contributed by atoms with Crippen LogP contribution >= 0.6 is 0 Å². The fraction of sp³-hybridized carbons (Fsp3) is 0.680. The first-order valence-corrected chi connectivity index (χ1v) is 12.4. The lowest BCUT2D eigenvalue weighted by molar-refractivity contribution is -0.160. The molecule has 0 aromatic carbocycles. The summed E-state index contributed by atoms with van der Waals surface area (Å²) in [5.41, 5.74) is 1.29. The molecule has 4 aliphatic carbocycles. The highest BCUT2D eigenvalue weighted by molar-refractivity contribution is 5.99. The molecule has 170 valence electrons. The second-order valence-corrected chi connectivity index (χ2v) is 11.2. The van der Waals surface area contributed by atoms with E-state index in [2.05, 4.69) is 29.2 Å². The van der Waals surface area contributed by atoms with E-state index in [1.807, 2.05) is 15.6 Å². The van der Waals surface area contributed by atoms with Crippen LogP contribution < -0.4 is 5.32 Å². The van der Waals surface area contributed by atoms with Crippen LogP contribution in [0.3, 0.4) is 0 Å². The van der Waals surface area contributed by atoms with Crippen LogP contribution in [0.15, 0.2) is 18.5 Å². The molecule has 3 heterocycles. The van der Waals surface area contributed by atoms with Gasteiger partial charge in [-0.1, -0.05) is 0 Å². The Labute approximate surface area is 188 Å². The number of rotatable bonds is 4. The van der Waals surface area contributed by atoms with Crippen LogP contribution in [0.2, 0.25) is 0 Å². The number of nitrogens with one attached hydrogen (secondary N) is 1. The molecule has 7 heteroatoms. The van der Waals surface area contributed by atoms with Crippen LogP contribution in [-0.4, -0.2) is 44.1 Å². The van der Waals surface area contributed by atoms with Gasteiger partial charge >= 0.3 is 0 Å². The fourth-order valence-corrected chi connectivity index (χ4v) is 7.57.